The zero-order chi connectivity index (χ0) is 32.8. The van der Waals surface area contributed by atoms with Crippen LogP contribution in [0.4, 0.5) is 4.39 Å². The van der Waals surface area contributed by atoms with E-state index >= 15 is 0 Å². The highest BCUT2D eigenvalue weighted by Gasteiger charge is 2.40. The van der Waals surface area contributed by atoms with Crippen LogP contribution in [0.1, 0.15) is 43.7 Å². The minimum Gasteiger partial charge on any atom is -0.484 e. The van der Waals surface area contributed by atoms with Gasteiger partial charge in [-0.05, 0) is 86.7 Å². The monoisotopic (exact) mass is 637 g/mol. The molecule has 2 N–H and O–H groups in total. The van der Waals surface area contributed by atoms with Gasteiger partial charge in [0.1, 0.15) is 11.6 Å². The van der Waals surface area contributed by atoms with Crippen LogP contribution in [0.5, 0.6) is 5.75 Å². The fourth-order valence-electron chi connectivity index (χ4n) is 5.54. The number of ether oxygens (including phenoxy) is 3. The molecule has 3 heterocycles. The summed E-state index contributed by atoms with van der Waals surface area (Å²) in [6, 6.07) is 13.6. The molecule has 5 rings (SSSR count). The van der Waals surface area contributed by atoms with Crippen LogP contribution < -0.4 is 15.4 Å². The Bertz CT molecular complexity index is 1420. The second-order valence-electron chi connectivity index (χ2n) is 11.4. The Morgan fingerprint density at radius 2 is 1.89 bits per heavy atom. The first kappa shape index (κ1) is 34.6. The molecule has 1 unspecified atom stereocenters. The van der Waals surface area contributed by atoms with E-state index in [0.717, 1.165) is 16.8 Å². The van der Waals surface area contributed by atoms with E-state index in [1.54, 1.807) is 55.4 Å². The molecule has 0 saturated carbocycles. The second kappa shape index (κ2) is 17.4. The van der Waals surface area contributed by atoms with Gasteiger partial charge in [0.05, 0.1) is 17.7 Å². The Hall–Kier alpha value is -4.29. The Labute approximate surface area is 269 Å². The third kappa shape index (κ3) is 10.1. The second-order valence-corrected chi connectivity index (χ2v) is 11.4. The van der Waals surface area contributed by atoms with Crippen LogP contribution in [0, 0.1) is 11.2 Å². The lowest BCUT2D eigenvalue weighted by Crippen LogP contribution is -2.46. The summed E-state index contributed by atoms with van der Waals surface area (Å²) >= 11 is 0. The lowest BCUT2D eigenvalue weighted by Gasteiger charge is -2.32. The molecule has 2 bridgehead atoms. The average Bonchev–Trinajstić information content (AvgIpc) is 3.58. The molecule has 2 aliphatic rings. The molecule has 3 aromatic rings. The summed E-state index contributed by atoms with van der Waals surface area (Å²) in [5.74, 6) is -0.651. The number of halogens is 1. The van der Waals surface area contributed by atoms with Crippen molar-refractivity contribution in [1.82, 2.24) is 25.3 Å². The third-order valence-electron chi connectivity index (χ3n) is 7.99. The van der Waals surface area contributed by atoms with E-state index in [1.165, 1.54) is 12.1 Å². The molecule has 2 aromatic carbocycles. The van der Waals surface area contributed by atoms with Gasteiger partial charge in [0.2, 0.25) is 5.91 Å². The van der Waals surface area contributed by atoms with E-state index in [1.807, 2.05) is 12.1 Å². The standard InChI is InChI=1S/C34H44FN5O6/c1-3-45-33(43)34(14-20-44-2)22-26-8-11-29(12-9-26)46-24-32(42)36-15-5-18-39(17-4-7-31(41)37-25-34)23-27-21-28(35)10-13-30(27)40-19-6-16-38-40/h6,8-13,16,19,21H,3-5,7,14-15,17-18,20,22-25H2,1-2H3,(H,36,42)(H,37,41). The molecule has 1 aromatic heterocycles. The first-order chi connectivity index (χ1) is 22.3. The maximum atomic E-state index is 14.4. The topological polar surface area (TPSA) is 124 Å². The smallest absolute Gasteiger partial charge is 0.314 e. The number of rotatable bonds is 8. The van der Waals surface area contributed by atoms with Crippen molar-refractivity contribution in [2.75, 3.05) is 53.1 Å². The number of fused-ring (bicyclic) bond motifs is 17. The van der Waals surface area contributed by atoms with E-state index in [2.05, 4.69) is 20.6 Å². The Balaban J connectivity index is 1.54. The van der Waals surface area contributed by atoms with Crippen LogP contribution in [0.15, 0.2) is 60.9 Å². The van der Waals surface area contributed by atoms with E-state index < -0.39 is 11.4 Å². The van der Waals surface area contributed by atoms with Crippen LogP contribution in [0.25, 0.3) is 5.69 Å². The van der Waals surface area contributed by atoms with Gasteiger partial charge < -0.3 is 24.8 Å². The number of nitrogens with one attached hydrogen (secondary N) is 2. The van der Waals surface area contributed by atoms with Crippen LogP contribution in [0.2, 0.25) is 0 Å². The van der Waals surface area contributed by atoms with Gasteiger partial charge >= 0.3 is 5.97 Å². The zero-order valence-corrected chi connectivity index (χ0v) is 26.6. The van der Waals surface area contributed by atoms with E-state index in [4.69, 9.17) is 14.2 Å². The van der Waals surface area contributed by atoms with Crippen molar-refractivity contribution in [3.63, 3.8) is 0 Å². The normalized spacial score (nSPS) is 19.1. The Morgan fingerprint density at radius 1 is 1.09 bits per heavy atom. The number of esters is 1. The minimum absolute atomic E-state index is 0.0900. The quantitative estimate of drug-likeness (QED) is 0.360. The largest absolute Gasteiger partial charge is 0.484 e. The van der Waals surface area contributed by atoms with Crippen molar-refractivity contribution in [3.05, 3.63) is 77.9 Å². The third-order valence-corrected chi connectivity index (χ3v) is 7.99. The van der Waals surface area contributed by atoms with Crippen molar-refractivity contribution < 1.29 is 33.0 Å². The van der Waals surface area contributed by atoms with Crippen molar-refractivity contribution in [3.8, 4) is 11.4 Å². The lowest BCUT2D eigenvalue weighted by molar-refractivity contribution is -0.156. The van der Waals surface area contributed by atoms with Gasteiger partial charge in [-0.1, -0.05) is 12.1 Å². The van der Waals surface area contributed by atoms with Crippen LogP contribution in [-0.2, 0) is 36.8 Å². The molecule has 0 saturated heterocycles. The summed E-state index contributed by atoms with van der Waals surface area (Å²) < 4.78 is 32.6. The van der Waals surface area contributed by atoms with Gasteiger partial charge in [-0.3, -0.25) is 19.3 Å². The highest BCUT2D eigenvalue weighted by Crippen LogP contribution is 2.30. The summed E-state index contributed by atoms with van der Waals surface area (Å²) in [7, 11) is 1.57. The molecule has 11 nitrogen and oxygen atoms in total. The Kier molecular flexibility index (Phi) is 13.1. The molecule has 12 heteroatoms. The fourth-order valence-corrected chi connectivity index (χ4v) is 5.54. The summed E-state index contributed by atoms with van der Waals surface area (Å²) in [5.41, 5.74) is 1.33. The molecule has 0 aliphatic carbocycles. The van der Waals surface area contributed by atoms with Crippen molar-refractivity contribution >= 4 is 17.8 Å². The van der Waals surface area contributed by atoms with Gasteiger partial charge in [0, 0.05) is 58.7 Å². The molecule has 248 valence electrons. The zero-order valence-electron chi connectivity index (χ0n) is 26.6. The molecule has 46 heavy (non-hydrogen) atoms. The number of amides is 2. The fraction of sp³-hybridized carbons (Fsp3) is 0.471. The van der Waals surface area contributed by atoms with Crippen LogP contribution in [0.3, 0.4) is 0 Å². The van der Waals surface area contributed by atoms with E-state index in [9.17, 15) is 18.8 Å². The summed E-state index contributed by atoms with van der Waals surface area (Å²) in [6.45, 7) is 4.23. The van der Waals surface area contributed by atoms with E-state index in [-0.39, 0.29) is 43.8 Å². The molecule has 0 radical (unpaired) electrons. The molecule has 0 spiro atoms. The highest BCUT2D eigenvalue weighted by molar-refractivity contribution is 5.80. The number of aromatic nitrogens is 2. The minimum atomic E-state index is -1.04. The van der Waals surface area contributed by atoms with Gasteiger partial charge in [-0.25, -0.2) is 9.07 Å². The van der Waals surface area contributed by atoms with Gasteiger partial charge in [0.25, 0.3) is 5.91 Å². The number of benzene rings is 2. The predicted molar refractivity (Wildman–Crippen MR) is 170 cm³/mol. The number of methoxy groups -OCH3 is 1. The number of carbonyl (C=O) groups is 3. The highest BCUT2D eigenvalue weighted by atomic mass is 19.1. The lowest BCUT2D eigenvalue weighted by atomic mass is 9.78. The summed E-state index contributed by atoms with van der Waals surface area (Å²) in [5, 5.41) is 10.2. The average molecular weight is 638 g/mol. The molecule has 0 fully saturated rings. The van der Waals surface area contributed by atoms with Crippen molar-refractivity contribution in [2.45, 2.75) is 45.6 Å². The molecular formula is C34H44FN5O6. The van der Waals surface area contributed by atoms with E-state index in [0.29, 0.717) is 64.2 Å². The number of nitrogens with zero attached hydrogens (tertiary/aromatic N) is 3. The van der Waals surface area contributed by atoms with Gasteiger partial charge in [-0.15, -0.1) is 0 Å². The van der Waals surface area contributed by atoms with Crippen molar-refractivity contribution in [1.29, 1.82) is 0 Å². The van der Waals surface area contributed by atoms with Crippen LogP contribution in [-0.4, -0.2) is 85.6 Å². The molecule has 2 amide bonds. The summed E-state index contributed by atoms with van der Waals surface area (Å²) in [6.07, 6.45) is 5.54. The molecular weight excluding hydrogens is 593 g/mol. The number of carbonyl (C=O) groups excluding carboxylic acids is 3. The van der Waals surface area contributed by atoms with Crippen LogP contribution >= 0.6 is 0 Å². The number of hydrogen-bond acceptors (Lipinski definition) is 8. The van der Waals surface area contributed by atoms with Gasteiger partial charge in [-0.2, -0.15) is 5.10 Å². The maximum Gasteiger partial charge on any atom is 0.314 e. The number of hydrogen-bond donors (Lipinski definition) is 2. The molecule has 2 aliphatic heterocycles. The first-order valence-electron chi connectivity index (χ1n) is 15.7. The first-order valence-corrected chi connectivity index (χ1v) is 15.7. The van der Waals surface area contributed by atoms with Crippen molar-refractivity contribution in [2.24, 2.45) is 5.41 Å². The Morgan fingerprint density at radius 3 is 2.63 bits per heavy atom. The molecule has 1 atom stereocenters. The SMILES string of the molecule is CCOC(=O)C1(CCOC)CNC(=O)CCCN(Cc2cc(F)ccc2-n2cccn2)CCCNC(=O)COc2ccc(cc2)C1. The maximum absolute atomic E-state index is 14.4. The summed E-state index contributed by atoms with van der Waals surface area (Å²) in [4.78, 5) is 41.2. The predicted octanol–water partition coefficient (Wildman–Crippen LogP) is 3.44. The van der Waals surface area contributed by atoms with Gasteiger partial charge in [0.15, 0.2) is 6.61 Å².